The average Bonchev–Trinajstić information content (AvgIpc) is 3.28. The molecule has 1 atom stereocenters. The molecule has 2 aromatic carbocycles. The molecule has 2 aliphatic heterocycles. The lowest BCUT2D eigenvalue weighted by Crippen LogP contribution is -2.41. The third-order valence-electron chi connectivity index (χ3n) is 5.74. The minimum atomic E-state index is -0.125. The highest BCUT2D eigenvalue weighted by Gasteiger charge is 2.27. The van der Waals surface area contributed by atoms with Crippen LogP contribution in [0.4, 0.5) is 11.6 Å². The summed E-state index contributed by atoms with van der Waals surface area (Å²) in [7, 11) is 0. The summed E-state index contributed by atoms with van der Waals surface area (Å²) in [5.74, 6) is 1.90. The Morgan fingerprint density at radius 1 is 1.03 bits per heavy atom. The number of aryl methyl sites for hydroxylation is 1. The summed E-state index contributed by atoms with van der Waals surface area (Å²) < 4.78 is 10.7. The van der Waals surface area contributed by atoms with Crippen LogP contribution in [-0.2, 0) is 4.79 Å². The van der Waals surface area contributed by atoms with Gasteiger partial charge in [0.15, 0.2) is 11.5 Å². The molecule has 7 heteroatoms. The van der Waals surface area contributed by atoms with Crippen LogP contribution in [0.15, 0.2) is 54.9 Å². The number of nitrogens with zero attached hydrogens (tertiary/aromatic N) is 3. The van der Waals surface area contributed by atoms with E-state index in [-0.39, 0.29) is 18.6 Å². The number of hydrogen-bond acceptors (Lipinski definition) is 6. The number of ether oxygens (including phenoxy) is 2. The predicted octanol–water partition coefficient (Wildman–Crippen LogP) is 4.04. The molecule has 3 heterocycles. The fraction of sp³-hybridized carbons (Fsp3) is 0.292. The maximum atomic E-state index is 12.9. The van der Waals surface area contributed by atoms with E-state index in [1.807, 2.05) is 24.5 Å². The molecule has 0 radical (unpaired) electrons. The van der Waals surface area contributed by atoms with Gasteiger partial charge in [0.1, 0.15) is 0 Å². The lowest BCUT2D eigenvalue weighted by Gasteiger charge is -2.32. The Morgan fingerprint density at radius 2 is 1.81 bits per heavy atom. The van der Waals surface area contributed by atoms with Gasteiger partial charge in [-0.2, -0.15) is 0 Å². The van der Waals surface area contributed by atoms with Crippen molar-refractivity contribution in [2.45, 2.75) is 19.8 Å². The first-order chi connectivity index (χ1) is 15.2. The van der Waals surface area contributed by atoms with Gasteiger partial charge in [-0.3, -0.25) is 4.79 Å². The molecule has 7 nitrogen and oxygen atoms in total. The molecular formula is C24H24N4O3. The number of aromatic nitrogens is 2. The summed E-state index contributed by atoms with van der Waals surface area (Å²) in [6, 6.07) is 13.8. The number of amides is 1. The minimum Gasteiger partial charge on any atom is -0.454 e. The highest BCUT2D eigenvalue weighted by molar-refractivity contribution is 5.93. The van der Waals surface area contributed by atoms with Gasteiger partial charge in [0.25, 0.3) is 0 Å². The van der Waals surface area contributed by atoms with Crippen LogP contribution in [-0.4, -0.2) is 35.8 Å². The van der Waals surface area contributed by atoms with Gasteiger partial charge in [-0.25, -0.2) is 9.97 Å². The van der Waals surface area contributed by atoms with E-state index < -0.39 is 0 Å². The molecule has 31 heavy (non-hydrogen) atoms. The SMILES string of the molecule is Cc1ccc(-c2cnc(N3CCCC(C(=O)Nc4ccc5c(c4)OCO5)C3)nc2)cc1. The summed E-state index contributed by atoms with van der Waals surface area (Å²) in [6.45, 7) is 3.73. The maximum absolute atomic E-state index is 12.9. The normalized spacial score (nSPS) is 17.5. The van der Waals surface area contributed by atoms with Crippen LogP contribution in [0, 0.1) is 12.8 Å². The predicted molar refractivity (Wildman–Crippen MR) is 118 cm³/mol. The van der Waals surface area contributed by atoms with E-state index in [2.05, 4.69) is 51.4 Å². The first kappa shape index (κ1) is 19.4. The Balaban J connectivity index is 1.24. The zero-order valence-corrected chi connectivity index (χ0v) is 17.4. The summed E-state index contributed by atoms with van der Waals surface area (Å²) in [4.78, 5) is 24.1. The van der Waals surface area contributed by atoms with Crippen LogP contribution in [0.3, 0.4) is 0 Å². The number of anilines is 2. The molecule has 1 unspecified atom stereocenters. The molecule has 0 spiro atoms. The smallest absolute Gasteiger partial charge is 0.231 e. The van der Waals surface area contributed by atoms with Crippen molar-refractivity contribution in [3.8, 4) is 22.6 Å². The van der Waals surface area contributed by atoms with Crippen molar-refractivity contribution in [3.63, 3.8) is 0 Å². The van der Waals surface area contributed by atoms with E-state index in [4.69, 9.17) is 9.47 Å². The highest BCUT2D eigenvalue weighted by Crippen LogP contribution is 2.34. The summed E-state index contributed by atoms with van der Waals surface area (Å²) in [5, 5.41) is 3.01. The van der Waals surface area contributed by atoms with Crippen LogP contribution in [0.1, 0.15) is 18.4 Å². The van der Waals surface area contributed by atoms with Gasteiger partial charge in [0.05, 0.1) is 5.92 Å². The average molecular weight is 416 g/mol. The second-order valence-corrected chi connectivity index (χ2v) is 7.98. The molecule has 1 aromatic heterocycles. The van der Waals surface area contributed by atoms with Gasteiger partial charge < -0.3 is 19.7 Å². The van der Waals surface area contributed by atoms with Gasteiger partial charge in [0, 0.05) is 42.8 Å². The van der Waals surface area contributed by atoms with Gasteiger partial charge in [-0.15, -0.1) is 0 Å². The van der Waals surface area contributed by atoms with E-state index in [0.29, 0.717) is 29.7 Å². The lowest BCUT2D eigenvalue weighted by molar-refractivity contribution is -0.120. The third kappa shape index (κ3) is 4.17. The third-order valence-corrected chi connectivity index (χ3v) is 5.74. The maximum Gasteiger partial charge on any atom is 0.231 e. The van der Waals surface area contributed by atoms with Crippen molar-refractivity contribution in [2.75, 3.05) is 30.1 Å². The zero-order valence-electron chi connectivity index (χ0n) is 17.4. The minimum absolute atomic E-state index is 0.000147. The first-order valence-electron chi connectivity index (χ1n) is 10.5. The zero-order chi connectivity index (χ0) is 21.2. The lowest BCUT2D eigenvalue weighted by atomic mass is 9.97. The second kappa shape index (κ2) is 8.26. The van der Waals surface area contributed by atoms with Crippen molar-refractivity contribution >= 4 is 17.5 Å². The first-order valence-corrected chi connectivity index (χ1v) is 10.5. The number of carbonyl (C=O) groups is 1. The molecule has 0 saturated carbocycles. The molecular weight excluding hydrogens is 392 g/mol. The van der Waals surface area contributed by atoms with Gasteiger partial charge >= 0.3 is 0 Å². The van der Waals surface area contributed by atoms with Crippen molar-refractivity contribution in [3.05, 3.63) is 60.4 Å². The fourth-order valence-corrected chi connectivity index (χ4v) is 3.97. The quantitative estimate of drug-likeness (QED) is 0.692. The Kier molecular flexibility index (Phi) is 5.16. The summed E-state index contributed by atoms with van der Waals surface area (Å²) >= 11 is 0. The molecule has 158 valence electrons. The molecule has 5 rings (SSSR count). The van der Waals surface area contributed by atoms with E-state index in [0.717, 1.165) is 30.5 Å². The molecule has 1 saturated heterocycles. The standard InChI is InChI=1S/C24H24N4O3/c1-16-4-6-17(7-5-16)19-12-25-24(26-13-19)28-10-2-3-18(14-28)23(29)27-20-8-9-21-22(11-20)31-15-30-21/h4-9,11-13,18H,2-3,10,14-15H2,1H3,(H,27,29). The Labute approximate surface area is 181 Å². The fourth-order valence-electron chi connectivity index (χ4n) is 3.97. The topological polar surface area (TPSA) is 76.6 Å². The van der Waals surface area contributed by atoms with E-state index in [1.165, 1.54) is 5.56 Å². The molecule has 0 bridgehead atoms. The van der Waals surface area contributed by atoms with Crippen LogP contribution >= 0.6 is 0 Å². The number of carbonyl (C=O) groups excluding carboxylic acids is 1. The summed E-state index contributed by atoms with van der Waals surface area (Å²) in [6.07, 6.45) is 5.46. The van der Waals surface area contributed by atoms with Crippen molar-refractivity contribution in [2.24, 2.45) is 5.92 Å². The number of nitrogens with one attached hydrogen (secondary N) is 1. The van der Waals surface area contributed by atoms with Gasteiger partial charge in [-0.1, -0.05) is 29.8 Å². The van der Waals surface area contributed by atoms with Crippen LogP contribution in [0.5, 0.6) is 11.5 Å². The van der Waals surface area contributed by atoms with E-state index in [1.54, 1.807) is 6.07 Å². The van der Waals surface area contributed by atoms with Crippen LogP contribution < -0.4 is 19.7 Å². The van der Waals surface area contributed by atoms with Crippen molar-refractivity contribution in [1.82, 2.24) is 9.97 Å². The molecule has 0 aliphatic carbocycles. The Hall–Kier alpha value is -3.61. The molecule has 1 amide bonds. The molecule has 1 N–H and O–H groups in total. The molecule has 1 fully saturated rings. The molecule has 3 aromatic rings. The Bertz CT molecular complexity index is 1080. The number of benzene rings is 2. The summed E-state index contributed by atoms with van der Waals surface area (Å²) in [5.41, 5.74) is 4.01. The van der Waals surface area contributed by atoms with E-state index in [9.17, 15) is 4.79 Å². The highest BCUT2D eigenvalue weighted by atomic mass is 16.7. The van der Waals surface area contributed by atoms with Crippen LogP contribution in [0.2, 0.25) is 0 Å². The second-order valence-electron chi connectivity index (χ2n) is 7.98. The monoisotopic (exact) mass is 416 g/mol. The van der Waals surface area contributed by atoms with E-state index >= 15 is 0 Å². The largest absolute Gasteiger partial charge is 0.454 e. The van der Waals surface area contributed by atoms with Gasteiger partial charge in [-0.05, 0) is 37.5 Å². The number of piperidine rings is 1. The Morgan fingerprint density at radius 3 is 2.61 bits per heavy atom. The van der Waals surface area contributed by atoms with Crippen molar-refractivity contribution < 1.29 is 14.3 Å². The molecule has 2 aliphatic rings. The van der Waals surface area contributed by atoms with Crippen molar-refractivity contribution in [1.29, 1.82) is 0 Å². The van der Waals surface area contributed by atoms with Gasteiger partial charge in [0.2, 0.25) is 18.6 Å². The van der Waals surface area contributed by atoms with Crippen LogP contribution in [0.25, 0.3) is 11.1 Å². The number of rotatable bonds is 4. The number of fused-ring (bicyclic) bond motifs is 1. The number of hydrogen-bond donors (Lipinski definition) is 1.